The number of methoxy groups -OCH3 is 1. The van der Waals surface area contributed by atoms with Crippen LogP contribution in [0.2, 0.25) is 5.15 Å². The van der Waals surface area contributed by atoms with Crippen molar-refractivity contribution >= 4 is 27.6 Å². The first-order chi connectivity index (χ1) is 9.94. The van der Waals surface area contributed by atoms with Gasteiger partial charge in [-0.25, -0.2) is 18.1 Å². The van der Waals surface area contributed by atoms with Gasteiger partial charge in [-0.1, -0.05) is 30.7 Å². The number of benzene rings is 1. The number of rotatable bonds is 5. The van der Waals surface area contributed by atoms with Crippen LogP contribution >= 0.6 is 11.6 Å². The lowest BCUT2D eigenvalue weighted by Crippen LogP contribution is -2.15. The molecule has 0 saturated carbocycles. The number of aromatic nitrogens is 2. The predicted octanol–water partition coefficient (Wildman–Crippen LogP) is 2.50. The molecule has 2 rings (SSSR count). The van der Waals surface area contributed by atoms with Crippen molar-refractivity contribution in [1.29, 1.82) is 0 Å². The van der Waals surface area contributed by atoms with Crippen LogP contribution in [0.3, 0.4) is 0 Å². The molecule has 1 aromatic carbocycles. The number of hydrogen-bond acceptors (Lipinski definition) is 5. The van der Waals surface area contributed by atoms with E-state index in [4.69, 9.17) is 16.3 Å². The molecule has 0 unspecified atom stereocenters. The minimum Gasteiger partial charge on any atom is -0.481 e. The van der Waals surface area contributed by atoms with Gasteiger partial charge in [0.1, 0.15) is 5.15 Å². The molecule has 0 radical (unpaired) electrons. The summed E-state index contributed by atoms with van der Waals surface area (Å²) in [5.41, 5.74) is 1.05. The van der Waals surface area contributed by atoms with Crippen LogP contribution in [0.4, 0.5) is 5.95 Å². The van der Waals surface area contributed by atoms with E-state index in [1.54, 1.807) is 12.1 Å². The Morgan fingerprint density at radius 3 is 2.48 bits per heavy atom. The SMILES string of the molecule is CCc1ccc(S(=O)(=O)Nc2nc(Cl)cc(OC)n2)cc1. The summed E-state index contributed by atoms with van der Waals surface area (Å²) in [5.74, 6) is 0.0351. The third-order valence-electron chi connectivity index (χ3n) is 2.75. The summed E-state index contributed by atoms with van der Waals surface area (Å²) in [6.45, 7) is 1.99. The second kappa shape index (κ2) is 6.28. The molecular formula is C13H14ClN3O3S. The Bertz CT molecular complexity index is 733. The van der Waals surface area contributed by atoms with Gasteiger partial charge in [-0.05, 0) is 24.1 Å². The van der Waals surface area contributed by atoms with E-state index in [0.717, 1.165) is 12.0 Å². The van der Waals surface area contributed by atoms with Gasteiger partial charge >= 0.3 is 0 Å². The molecule has 21 heavy (non-hydrogen) atoms. The maximum absolute atomic E-state index is 12.2. The smallest absolute Gasteiger partial charge is 0.264 e. The van der Waals surface area contributed by atoms with E-state index in [1.165, 1.54) is 25.3 Å². The number of nitrogens with one attached hydrogen (secondary N) is 1. The second-order valence-electron chi connectivity index (χ2n) is 4.16. The Kier molecular flexibility index (Phi) is 4.64. The minimum atomic E-state index is -3.77. The average molecular weight is 328 g/mol. The van der Waals surface area contributed by atoms with Gasteiger partial charge in [0.05, 0.1) is 12.0 Å². The van der Waals surface area contributed by atoms with Crippen molar-refractivity contribution in [2.45, 2.75) is 18.2 Å². The van der Waals surface area contributed by atoms with Gasteiger partial charge in [0.15, 0.2) is 0 Å². The number of ether oxygens (including phenoxy) is 1. The van der Waals surface area contributed by atoms with Crippen molar-refractivity contribution in [1.82, 2.24) is 9.97 Å². The monoisotopic (exact) mass is 327 g/mol. The highest BCUT2D eigenvalue weighted by Gasteiger charge is 2.16. The Morgan fingerprint density at radius 1 is 1.24 bits per heavy atom. The van der Waals surface area contributed by atoms with Crippen molar-refractivity contribution < 1.29 is 13.2 Å². The zero-order valence-electron chi connectivity index (χ0n) is 11.5. The fourth-order valence-corrected chi connectivity index (χ4v) is 2.75. The van der Waals surface area contributed by atoms with Gasteiger partial charge in [0.25, 0.3) is 10.0 Å². The molecule has 0 bridgehead atoms. The van der Waals surface area contributed by atoms with Crippen molar-refractivity contribution in [2.75, 3.05) is 11.8 Å². The van der Waals surface area contributed by atoms with Gasteiger partial charge < -0.3 is 4.74 Å². The molecule has 1 heterocycles. The van der Waals surface area contributed by atoms with Crippen molar-refractivity contribution in [3.05, 3.63) is 41.0 Å². The lowest BCUT2D eigenvalue weighted by molar-refractivity contribution is 0.397. The number of halogens is 1. The van der Waals surface area contributed by atoms with Gasteiger partial charge in [0, 0.05) is 6.07 Å². The van der Waals surface area contributed by atoms with E-state index >= 15 is 0 Å². The summed E-state index contributed by atoms with van der Waals surface area (Å²) in [6, 6.07) is 7.96. The van der Waals surface area contributed by atoms with E-state index in [0.29, 0.717) is 0 Å². The van der Waals surface area contributed by atoms with Gasteiger partial charge in [-0.3, -0.25) is 0 Å². The lowest BCUT2D eigenvalue weighted by atomic mass is 10.2. The molecule has 2 aromatic rings. The normalized spacial score (nSPS) is 11.2. The Morgan fingerprint density at radius 2 is 1.90 bits per heavy atom. The number of nitrogens with zero attached hydrogens (tertiary/aromatic N) is 2. The third-order valence-corrected chi connectivity index (χ3v) is 4.29. The lowest BCUT2D eigenvalue weighted by Gasteiger charge is -2.08. The molecular weight excluding hydrogens is 314 g/mol. The maximum Gasteiger partial charge on any atom is 0.264 e. The molecule has 0 saturated heterocycles. The Hall–Kier alpha value is -1.86. The Labute approximate surface area is 128 Å². The summed E-state index contributed by atoms with van der Waals surface area (Å²) in [6.07, 6.45) is 0.836. The summed E-state index contributed by atoms with van der Waals surface area (Å²) >= 11 is 5.78. The first kappa shape index (κ1) is 15.5. The summed E-state index contributed by atoms with van der Waals surface area (Å²) in [7, 11) is -2.37. The van der Waals surface area contributed by atoms with Gasteiger partial charge in [-0.2, -0.15) is 4.98 Å². The standard InChI is InChI=1S/C13H14ClN3O3S/c1-3-9-4-6-10(7-5-9)21(18,19)17-13-15-11(14)8-12(16-13)20-2/h4-8H,3H2,1-2H3,(H,15,16,17). The molecule has 1 aromatic heterocycles. The topological polar surface area (TPSA) is 81.2 Å². The first-order valence-corrected chi connectivity index (χ1v) is 8.01. The molecule has 112 valence electrons. The molecule has 0 aliphatic heterocycles. The number of sulfonamides is 1. The van der Waals surface area contributed by atoms with Crippen LogP contribution < -0.4 is 9.46 Å². The predicted molar refractivity (Wildman–Crippen MR) is 80.2 cm³/mol. The molecule has 0 amide bonds. The van der Waals surface area contributed by atoms with E-state index in [1.807, 2.05) is 6.92 Å². The fourth-order valence-electron chi connectivity index (χ4n) is 1.63. The Balaban J connectivity index is 2.30. The zero-order chi connectivity index (χ0) is 15.5. The van der Waals surface area contributed by atoms with Crippen molar-refractivity contribution in [2.24, 2.45) is 0 Å². The summed E-state index contributed by atoms with van der Waals surface area (Å²) < 4.78 is 31.7. The first-order valence-electron chi connectivity index (χ1n) is 6.15. The average Bonchev–Trinajstić information content (AvgIpc) is 2.46. The van der Waals surface area contributed by atoms with Gasteiger partial charge in [-0.15, -0.1) is 0 Å². The van der Waals surface area contributed by atoms with Crippen LogP contribution in [0.5, 0.6) is 5.88 Å². The van der Waals surface area contributed by atoms with Crippen LogP contribution in [-0.2, 0) is 16.4 Å². The zero-order valence-corrected chi connectivity index (χ0v) is 13.1. The van der Waals surface area contributed by atoms with E-state index in [9.17, 15) is 8.42 Å². The maximum atomic E-state index is 12.2. The van der Waals surface area contributed by atoms with Crippen molar-refractivity contribution in [3.8, 4) is 5.88 Å². The second-order valence-corrected chi connectivity index (χ2v) is 6.23. The minimum absolute atomic E-state index is 0.0841. The summed E-state index contributed by atoms with van der Waals surface area (Å²) in [4.78, 5) is 7.83. The molecule has 1 N–H and O–H groups in total. The highest BCUT2D eigenvalue weighted by atomic mass is 35.5. The van der Waals surface area contributed by atoms with Crippen LogP contribution in [0.1, 0.15) is 12.5 Å². The van der Waals surface area contributed by atoms with Crippen LogP contribution in [0.15, 0.2) is 35.2 Å². The van der Waals surface area contributed by atoms with E-state index < -0.39 is 10.0 Å². The molecule has 0 aliphatic carbocycles. The van der Waals surface area contributed by atoms with Crippen molar-refractivity contribution in [3.63, 3.8) is 0 Å². The van der Waals surface area contributed by atoms with Crippen LogP contribution in [0.25, 0.3) is 0 Å². The summed E-state index contributed by atoms with van der Waals surface area (Å²) in [5, 5.41) is 0.0841. The quantitative estimate of drug-likeness (QED) is 0.853. The van der Waals surface area contributed by atoms with E-state index in [2.05, 4.69) is 14.7 Å². The molecule has 0 aliphatic rings. The molecule has 6 nitrogen and oxygen atoms in total. The number of aryl methyl sites for hydroxylation is 1. The number of anilines is 1. The van der Waals surface area contributed by atoms with Gasteiger partial charge in [0.2, 0.25) is 11.8 Å². The highest BCUT2D eigenvalue weighted by Crippen LogP contribution is 2.19. The molecule has 8 heteroatoms. The number of hydrogen-bond donors (Lipinski definition) is 1. The highest BCUT2D eigenvalue weighted by molar-refractivity contribution is 7.92. The molecule has 0 fully saturated rings. The fraction of sp³-hybridized carbons (Fsp3) is 0.231. The third kappa shape index (κ3) is 3.83. The van der Waals surface area contributed by atoms with Crippen LogP contribution in [-0.4, -0.2) is 25.5 Å². The van der Waals surface area contributed by atoms with Crippen LogP contribution in [0, 0.1) is 0 Å². The largest absolute Gasteiger partial charge is 0.481 e. The molecule has 0 atom stereocenters. The molecule has 0 spiro atoms. The van der Waals surface area contributed by atoms with E-state index in [-0.39, 0.29) is 21.9 Å².